The number of carbonyl (C=O) groups is 2. The number of ether oxygens (including phenoxy) is 1. The summed E-state index contributed by atoms with van der Waals surface area (Å²) in [5, 5.41) is 0. The third kappa shape index (κ3) is 2.35. The summed E-state index contributed by atoms with van der Waals surface area (Å²) in [5.74, 6) is 0.662. The summed E-state index contributed by atoms with van der Waals surface area (Å²) in [6.45, 7) is 8.28. The van der Waals surface area contributed by atoms with E-state index in [1.165, 1.54) is 12.5 Å². The zero-order valence-corrected chi connectivity index (χ0v) is 18.2. The number of allylic oxidation sites excluding steroid dienone is 1. The van der Waals surface area contributed by atoms with Gasteiger partial charge in [-0.2, -0.15) is 0 Å². The van der Waals surface area contributed by atoms with Gasteiger partial charge in [0.05, 0.1) is 0 Å². The molecule has 6 rings (SSSR count). The quantitative estimate of drug-likeness (QED) is 0.300. The van der Waals surface area contributed by atoms with Crippen LogP contribution in [0.1, 0.15) is 79.1 Å². The highest BCUT2D eigenvalue weighted by atomic mass is 17.2. The molecular formula is C24H34O5. The third-order valence-electron chi connectivity index (χ3n) is 9.73. The molecule has 2 spiro atoms. The van der Waals surface area contributed by atoms with Crippen molar-refractivity contribution in [2.75, 3.05) is 0 Å². The van der Waals surface area contributed by atoms with Gasteiger partial charge in [-0.15, -0.1) is 0 Å². The Kier molecular flexibility index (Phi) is 4.20. The minimum absolute atomic E-state index is 0.0736. The largest absolute Gasteiger partial charge is 0.462 e. The smallest absolute Gasteiger partial charge is 0.302 e. The van der Waals surface area contributed by atoms with Crippen molar-refractivity contribution in [2.24, 2.45) is 28.6 Å². The molecule has 8 atom stereocenters. The highest BCUT2D eigenvalue weighted by Crippen LogP contribution is 2.73. The molecule has 5 fully saturated rings. The van der Waals surface area contributed by atoms with Crippen LogP contribution in [0.5, 0.6) is 0 Å². The summed E-state index contributed by atoms with van der Waals surface area (Å²) in [5.41, 5.74) is 0.687. The van der Waals surface area contributed by atoms with E-state index in [4.69, 9.17) is 14.5 Å². The molecule has 5 nitrogen and oxygen atoms in total. The first-order chi connectivity index (χ1) is 13.7. The molecule has 0 amide bonds. The monoisotopic (exact) mass is 402 g/mol. The summed E-state index contributed by atoms with van der Waals surface area (Å²) >= 11 is 0. The van der Waals surface area contributed by atoms with Crippen LogP contribution >= 0.6 is 0 Å². The molecule has 4 aliphatic carbocycles. The molecule has 5 unspecified atom stereocenters. The van der Waals surface area contributed by atoms with Gasteiger partial charge in [0.1, 0.15) is 23.6 Å². The number of rotatable bonds is 3. The maximum Gasteiger partial charge on any atom is 0.302 e. The Bertz CT molecular complexity index is 763. The summed E-state index contributed by atoms with van der Waals surface area (Å²) in [4.78, 5) is 35.8. The number of hydrogen-bond acceptors (Lipinski definition) is 5. The van der Waals surface area contributed by atoms with Gasteiger partial charge in [-0.05, 0) is 61.9 Å². The first-order valence-corrected chi connectivity index (χ1v) is 11.4. The molecule has 2 saturated heterocycles. The van der Waals surface area contributed by atoms with E-state index in [2.05, 4.69) is 26.8 Å². The predicted molar refractivity (Wildman–Crippen MR) is 107 cm³/mol. The van der Waals surface area contributed by atoms with Gasteiger partial charge >= 0.3 is 5.97 Å². The van der Waals surface area contributed by atoms with Crippen molar-refractivity contribution >= 4 is 12.3 Å². The molecule has 6 aliphatic rings. The maximum atomic E-state index is 11.6. The van der Waals surface area contributed by atoms with E-state index in [1.54, 1.807) is 0 Å². The van der Waals surface area contributed by atoms with Crippen LogP contribution in [0.15, 0.2) is 11.6 Å². The average molecular weight is 403 g/mol. The number of esters is 1. The topological polar surface area (TPSA) is 61.8 Å². The number of fused-ring (bicyclic) bond motifs is 3. The predicted octanol–water partition coefficient (Wildman–Crippen LogP) is 4.54. The standard InChI is InChI=1S/C24H34O5/c1-15(14-25)18-5-6-19-21(18,3)9-8-20-22(4)10-7-17(27-16(2)26)13-23(22)11-12-24(19,20)29-28-23/h8,14-15,17-19H,5-7,9-13H2,1-4H3/t15-,17?,18?,19?,21?,22?,23-,24+/m1/s1. The van der Waals surface area contributed by atoms with E-state index in [1.807, 2.05) is 0 Å². The zero-order valence-electron chi connectivity index (χ0n) is 18.2. The van der Waals surface area contributed by atoms with Crippen LogP contribution in [-0.4, -0.2) is 29.6 Å². The maximum absolute atomic E-state index is 11.6. The Morgan fingerprint density at radius 2 is 2.00 bits per heavy atom. The minimum atomic E-state index is -0.402. The van der Waals surface area contributed by atoms with Crippen LogP contribution in [0.2, 0.25) is 0 Å². The first-order valence-electron chi connectivity index (χ1n) is 11.4. The Hall–Kier alpha value is -1.20. The highest BCUT2D eigenvalue weighted by Gasteiger charge is 2.73. The van der Waals surface area contributed by atoms with Crippen molar-refractivity contribution < 1.29 is 24.1 Å². The van der Waals surface area contributed by atoms with E-state index in [9.17, 15) is 9.59 Å². The molecule has 0 aromatic heterocycles. The summed E-state index contributed by atoms with van der Waals surface area (Å²) in [7, 11) is 0. The molecular weight excluding hydrogens is 368 g/mol. The average Bonchev–Trinajstić information content (AvgIpc) is 3.05. The molecule has 2 aliphatic heterocycles. The van der Waals surface area contributed by atoms with Crippen LogP contribution in [0, 0.1) is 28.6 Å². The van der Waals surface area contributed by atoms with Crippen molar-refractivity contribution in [1.29, 1.82) is 0 Å². The van der Waals surface area contributed by atoms with Gasteiger partial charge < -0.3 is 9.53 Å². The fourth-order valence-corrected chi connectivity index (χ4v) is 8.29. The summed E-state index contributed by atoms with van der Waals surface area (Å²) in [6.07, 6.45) is 11.1. The van der Waals surface area contributed by atoms with Gasteiger partial charge in [0.15, 0.2) is 0 Å². The lowest BCUT2D eigenvalue weighted by Gasteiger charge is -2.69. The highest BCUT2D eigenvalue weighted by molar-refractivity contribution is 5.66. The van der Waals surface area contributed by atoms with Crippen molar-refractivity contribution in [3.63, 3.8) is 0 Å². The minimum Gasteiger partial charge on any atom is -0.462 e. The molecule has 0 N–H and O–H groups in total. The third-order valence-corrected chi connectivity index (χ3v) is 9.73. The van der Waals surface area contributed by atoms with Crippen LogP contribution < -0.4 is 0 Å². The van der Waals surface area contributed by atoms with E-state index in [0.29, 0.717) is 18.3 Å². The Morgan fingerprint density at radius 3 is 2.66 bits per heavy atom. The summed E-state index contributed by atoms with van der Waals surface area (Å²) < 4.78 is 5.57. The fourth-order valence-electron chi connectivity index (χ4n) is 8.29. The summed E-state index contributed by atoms with van der Waals surface area (Å²) in [6, 6.07) is 0. The Morgan fingerprint density at radius 1 is 1.21 bits per heavy atom. The molecule has 2 heterocycles. The van der Waals surface area contributed by atoms with Gasteiger partial charge in [-0.25, -0.2) is 9.78 Å². The molecule has 0 aromatic rings. The van der Waals surface area contributed by atoms with E-state index in [-0.39, 0.29) is 34.4 Å². The number of carbonyl (C=O) groups excluding carboxylic acids is 2. The second-order valence-electron chi connectivity index (χ2n) is 10.9. The van der Waals surface area contributed by atoms with E-state index < -0.39 is 5.60 Å². The molecule has 3 saturated carbocycles. The first kappa shape index (κ1) is 19.7. The Labute approximate surface area is 173 Å². The number of aldehydes is 1. The van der Waals surface area contributed by atoms with Crippen molar-refractivity contribution in [3.05, 3.63) is 11.6 Å². The van der Waals surface area contributed by atoms with Crippen molar-refractivity contribution in [3.8, 4) is 0 Å². The molecule has 5 heteroatoms. The van der Waals surface area contributed by atoms with E-state index >= 15 is 0 Å². The lowest BCUT2D eigenvalue weighted by Crippen LogP contribution is -2.71. The van der Waals surface area contributed by atoms with Crippen LogP contribution in [0.3, 0.4) is 0 Å². The van der Waals surface area contributed by atoms with E-state index in [0.717, 1.165) is 51.2 Å². The molecule has 0 radical (unpaired) electrons. The van der Waals surface area contributed by atoms with Crippen molar-refractivity contribution in [2.45, 2.75) is 96.4 Å². The second-order valence-corrected chi connectivity index (χ2v) is 10.9. The lowest BCUT2D eigenvalue weighted by atomic mass is 9.44. The SMILES string of the molecule is CC(=O)OC1CCC2(C)C3=CCC4(C)C([C@H](C)C=O)CCC4[C@@]34CC[C@]2(C1)OO4. The molecule has 2 bridgehead atoms. The molecule has 0 aromatic carbocycles. The normalized spacial score (nSPS) is 51.3. The molecule has 29 heavy (non-hydrogen) atoms. The lowest BCUT2D eigenvalue weighted by molar-refractivity contribution is -0.494. The van der Waals surface area contributed by atoms with Crippen LogP contribution in [-0.2, 0) is 24.1 Å². The van der Waals surface area contributed by atoms with Crippen LogP contribution in [0.25, 0.3) is 0 Å². The van der Waals surface area contributed by atoms with Gasteiger partial charge in [0, 0.05) is 30.6 Å². The second kappa shape index (κ2) is 6.16. The van der Waals surface area contributed by atoms with Crippen molar-refractivity contribution in [1.82, 2.24) is 0 Å². The zero-order chi connectivity index (χ0) is 20.7. The van der Waals surface area contributed by atoms with Crippen LogP contribution in [0.4, 0.5) is 0 Å². The van der Waals surface area contributed by atoms with Gasteiger partial charge in [0.25, 0.3) is 0 Å². The van der Waals surface area contributed by atoms with Gasteiger partial charge in [-0.1, -0.05) is 26.8 Å². The molecule has 160 valence electrons. The Balaban J connectivity index is 1.52. The van der Waals surface area contributed by atoms with Gasteiger partial charge in [-0.3, -0.25) is 4.79 Å². The number of hydrogen-bond donors (Lipinski definition) is 0. The fraction of sp³-hybridized carbons (Fsp3) is 0.833. The van der Waals surface area contributed by atoms with Gasteiger partial charge in [0.2, 0.25) is 0 Å².